The van der Waals surface area contributed by atoms with Crippen molar-refractivity contribution in [2.24, 2.45) is 5.92 Å². The second-order valence-corrected chi connectivity index (χ2v) is 13.5. The van der Waals surface area contributed by atoms with Gasteiger partial charge in [-0.2, -0.15) is 12.7 Å². The van der Waals surface area contributed by atoms with Crippen LogP contribution in [0.5, 0.6) is 0 Å². The average Bonchev–Trinajstić information content (AvgIpc) is 2.94. The van der Waals surface area contributed by atoms with E-state index in [0.717, 1.165) is 36.4 Å². The summed E-state index contributed by atoms with van der Waals surface area (Å²) < 4.78 is 29.5. The summed E-state index contributed by atoms with van der Waals surface area (Å²) in [7, 11) is -1.16. The van der Waals surface area contributed by atoms with Gasteiger partial charge in [-0.3, -0.25) is 9.59 Å². The molecular formula is C33H44N4O4S. The predicted molar refractivity (Wildman–Crippen MR) is 169 cm³/mol. The summed E-state index contributed by atoms with van der Waals surface area (Å²) in [5.74, 6) is -0.525. The number of anilines is 1. The summed E-state index contributed by atoms with van der Waals surface area (Å²) in [6, 6.07) is 22.0. The van der Waals surface area contributed by atoms with Crippen LogP contribution >= 0.6 is 0 Å². The van der Waals surface area contributed by atoms with Gasteiger partial charge in [-0.15, -0.1) is 0 Å². The first-order valence-electron chi connectivity index (χ1n) is 14.2. The van der Waals surface area contributed by atoms with Gasteiger partial charge in [-0.25, -0.2) is 4.31 Å². The number of nitrogens with zero attached hydrogens (tertiary/aromatic N) is 3. The van der Waals surface area contributed by atoms with Crippen LogP contribution in [-0.4, -0.2) is 62.7 Å². The molecule has 0 spiro atoms. The van der Waals surface area contributed by atoms with Crippen molar-refractivity contribution in [2.75, 3.05) is 31.5 Å². The zero-order chi connectivity index (χ0) is 31.0. The molecule has 0 saturated heterocycles. The number of carbonyl (C=O) groups excluding carboxylic acids is 2. The molecule has 42 heavy (non-hydrogen) atoms. The molecule has 0 radical (unpaired) electrons. The van der Waals surface area contributed by atoms with Crippen molar-refractivity contribution in [1.29, 1.82) is 0 Å². The molecule has 1 N–H and O–H groups in total. The molecule has 0 bridgehead atoms. The molecule has 226 valence electrons. The van der Waals surface area contributed by atoms with Crippen LogP contribution in [0, 0.1) is 26.7 Å². The lowest BCUT2D eigenvalue weighted by atomic mass is 10.0. The average molecular weight is 593 g/mol. The molecule has 3 rings (SSSR count). The number of carbonyl (C=O) groups is 2. The van der Waals surface area contributed by atoms with Crippen LogP contribution < -0.4 is 9.62 Å². The Morgan fingerprint density at radius 3 is 2.10 bits per heavy atom. The molecule has 0 heterocycles. The van der Waals surface area contributed by atoms with E-state index in [1.807, 2.05) is 101 Å². The first-order valence-corrected chi connectivity index (χ1v) is 15.6. The van der Waals surface area contributed by atoms with Gasteiger partial charge in [-0.1, -0.05) is 86.1 Å². The fourth-order valence-corrected chi connectivity index (χ4v) is 5.79. The number of hydrogen-bond donors (Lipinski definition) is 1. The van der Waals surface area contributed by atoms with E-state index in [1.54, 1.807) is 6.07 Å². The van der Waals surface area contributed by atoms with Gasteiger partial charge in [0.2, 0.25) is 11.8 Å². The Morgan fingerprint density at radius 2 is 1.48 bits per heavy atom. The van der Waals surface area contributed by atoms with E-state index >= 15 is 0 Å². The van der Waals surface area contributed by atoms with Gasteiger partial charge in [0.1, 0.15) is 12.6 Å². The van der Waals surface area contributed by atoms with Crippen LogP contribution in [0.4, 0.5) is 5.69 Å². The second kappa shape index (κ2) is 14.5. The monoisotopic (exact) mass is 592 g/mol. The number of benzene rings is 3. The summed E-state index contributed by atoms with van der Waals surface area (Å²) in [4.78, 5) is 29.7. The van der Waals surface area contributed by atoms with Crippen LogP contribution in [0.15, 0.2) is 72.8 Å². The number of hydrogen-bond acceptors (Lipinski definition) is 4. The van der Waals surface area contributed by atoms with Gasteiger partial charge in [-0.05, 0) is 55.0 Å². The maximum Gasteiger partial charge on any atom is 0.304 e. The molecule has 3 aromatic carbocycles. The Morgan fingerprint density at radius 1 is 0.833 bits per heavy atom. The Hall–Kier alpha value is -3.69. The van der Waals surface area contributed by atoms with Gasteiger partial charge >= 0.3 is 10.2 Å². The topological polar surface area (TPSA) is 90.0 Å². The van der Waals surface area contributed by atoms with Crippen LogP contribution in [0.2, 0.25) is 0 Å². The zero-order valence-corrected chi connectivity index (χ0v) is 26.6. The summed E-state index contributed by atoms with van der Waals surface area (Å²) in [6.45, 7) is 9.84. The highest BCUT2D eigenvalue weighted by Gasteiger charge is 2.35. The van der Waals surface area contributed by atoms with Gasteiger partial charge < -0.3 is 10.2 Å². The molecule has 0 aliphatic heterocycles. The third-order valence-corrected chi connectivity index (χ3v) is 8.85. The lowest BCUT2D eigenvalue weighted by Crippen LogP contribution is -2.54. The molecule has 0 fully saturated rings. The van der Waals surface area contributed by atoms with Gasteiger partial charge in [0.05, 0.1) is 5.69 Å². The van der Waals surface area contributed by atoms with Crippen molar-refractivity contribution in [3.05, 3.63) is 101 Å². The van der Waals surface area contributed by atoms with Crippen LogP contribution in [0.1, 0.15) is 41.7 Å². The van der Waals surface area contributed by atoms with Crippen LogP contribution in [0.3, 0.4) is 0 Å². The highest BCUT2D eigenvalue weighted by molar-refractivity contribution is 7.90. The van der Waals surface area contributed by atoms with E-state index in [4.69, 9.17) is 0 Å². The van der Waals surface area contributed by atoms with E-state index < -0.39 is 28.7 Å². The molecule has 1 atom stereocenters. The van der Waals surface area contributed by atoms with Crippen LogP contribution in [-0.2, 0) is 32.8 Å². The quantitative estimate of drug-likeness (QED) is 0.313. The molecule has 0 aliphatic carbocycles. The number of aryl methyl sites for hydroxylation is 3. The molecule has 2 amide bonds. The van der Waals surface area contributed by atoms with Gasteiger partial charge in [0.15, 0.2) is 0 Å². The first kappa shape index (κ1) is 32.8. The lowest BCUT2D eigenvalue weighted by Gasteiger charge is -2.35. The number of nitrogens with one attached hydrogen (secondary N) is 1. The van der Waals surface area contributed by atoms with Gasteiger partial charge in [0.25, 0.3) is 0 Å². The standard InChI is InChI=1S/C33H44N4O4S/c1-24(2)21-34-33(39)31(20-28-13-9-8-10-14-28)36(22-29-15-11-12-25(3)18-29)32(38)23-37(42(40,41)35(6)7)30-19-26(4)16-17-27(30)5/h8-19,24,31H,20-23H2,1-7H3,(H,34,39)/t31-/m1/s1. The fourth-order valence-electron chi connectivity index (χ4n) is 4.67. The van der Waals surface area contributed by atoms with E-state index in [2.05, 4.69) is 5.32 Å². The van der Waals surface area contributed by atoms with E-state index in [1.165, 1.54) is 19.0 Å². The van der Waals surface area contributed by atoms with Crippen LogP contribution in [0.25, 0.3) is 0 Å². The normalized spacial score (nSPS) is 12.3. The SMILES string of the molecule is Cc1cccc(CN(C(=O)CN(c2cc(C)ccc2C)S(=O)(=O)N(C)C)[C@H](Cc2ccccc2)C(=O)NCC(C)C)c1. The molecule has 0 aromatic heterocycles. The minimum absolute atomic E-state index is 0.149. The molecule has 8 nitrogen and oxygen atoms in total. The van der Waals surface area contributed by atoms with E-state index in [0.29, 0.717) is 12.2 Å². The maximum atomic E-state index is 14.4. The Bertz CT molecular complexity index is 1470. The molecule has 0 saturated carbocycles. The van der Waals surface area contributed by atoms with Crippen molar-refractivity contribution in [3.8, 4) is 0 Å². The summed E-state index contributed by atoms with van der Waals surface area (Å²) in [6.07, 6.45) is 0.284. The van der Waals surface area contributed by atoms with Crippen molar-refractivity contribution in [1.82, 2.24) is 14.5 Å². The summed E-state index contributed by atoms with van der Waals surface area (Å²) in [5.41, 5.74) is 4.80. The summed E-state index contributed by atoms with van der Waals surface area (Å²) in [5, 5.41) is 3.01. The predicted octanol–water partition coefficient (Wildman–Crippen LogP) is 4.64. The third-order valence-electron chi connectivity index (χ3n) is 7.04. The first-order chi connectivity index (χ1) is 19.8. The second-order valence-electron chi connectivity index (χ2n) is 11.4. The Balaban J connectivity index is 2.12. The maximum absolute atomic E-state index is 14.4. The van der Waals surface area contributed by atoms with Crippen molar-refractivity contribution < 1.29 is 18.0 Å². The lowest BCUT2D eigenvalue weighted by molar-refractivity contribution is -0.140. The molecule has 9 heteroatoms. The molecular weight excluding hydrogens is 548 g/mol. The van der Waals surface area contributed by atoms with Crippen molar-refractivity contribution in [3.63, 3.8) is 0 Å². The molecule has 0 aliphatic rings. The highest BCUT2D eigenvalue weighted by Crippen LogP contribution is 2.26. The minimum atomic E-state index is -4.05. The largest absolute Gasteiger partial charge is 0.354 e. The summed E-state index contributed by atoms with van der Waals surface area (Å²) >= 11 is 0. The Kier molecular flexibility index (Phi) is 11.3. The molecule has 3 aromatic rings. The Labute approximate surface area is 251 Å². The fraction of sp³-hybridized carbons (Fsp3) is 0.394. The molecule has 0 unspecified atom stereocenters. The van der Waals surface area contributed by atoms with E-state index in [-0.39, 0.29) is 24.8 Å². The van der Waals surface area contributed by atoms with Crippen molar-refractivity contribution in [2.45, 2.75) is 53.6 Å². The zero-order valence-electron chi connectivity index (χ0n) is 25.8. The number of rotatable bonds is 13. The van der Waals surface area contributed by atoms with Gasteiger partial charge in [0, 0.05) is 33.6 Å². The minimum Gasteiger partial charge on any atom is -0.354 e. The smallest absolute Gasteiger partial charge is 0.304 e. The van der Waals surface area contributed by atoms with Crippen molar-refractivity contribution >= 4 is 27.7 Å². The number of amides is 2. The van der Waals surface area contributed by atoms with E-state index in [9.17, 15) is 18.0 Å². The highest BCUT2D eigenvalue weighted by atomic mass is 32.2. The third kappa shape index (κ3) is 8.66.